The summed E-state index contributed by atoms with van der Waals surface area (Å²) in [7, 11) is 0. The molecule has 4 atom stereocenters. The second-order valence-electron chi connectivity index (χ2n) is 4.17. The lowest BCUT2D eigenvalue weighted by Gasteiger charge is -2.39. The van der Waals surface area contributed by atoms with Crippen LogP contribution >= 0.6 is 31.9 Å². The molecule has 2 aliphatic heterocycles. The first-order valence-electron chi connectivity index (χ1n) is 4.33. The fourth-order valence-corrected chi connectivity index (χ4v) is 2.10. The van der Waals surface area contributed by atoms with E-state index in [1.807, 2.05) is 13.8 Å². The SMILES string of the molecule is CC(C)(CBr)C(O)(Br)OC1OC2OC21. The summed E-state index contributed by atoms with van der Waals surface area (Å²) in [6.45, 7) is 3.75. The average molecular weight is 332 g/mol. The zero-order valence-corrected chi connectivity index (χ0v) is 11.0. The van der Waals surface area contributed by atoms with Gasteiger partial charge in [-0.25, -0.2) is 0 Å². The van der Waals surface area contributed by atoms with Gasteiger partial charge in [-0.3, -0.25) is 0 Å². The highest BCUT2D eigenvalue weighted by molar-refractivity contribution is 9.10. The Morgan fingerprint density at radius 1 is 1.43 bits per heavy atom. The fourth-order valence-electron chi connectivity index (χ4n) is 1.02. The van der Waals surface area contributed by atoms with Crippen LogP contribution in [0, 0.1) is 5.41 Å². The van der Waals surface area contributed by atoms with Gasteiger partial charge in [-0.05, 0) is 15.9 Å². The van der Waals surface area contributed by atoms with Gasteiger partial charge in [0.15, 0.2) is 18.7 Å². The van der Waals surface area contributed by atoms with Crippen LogP contribution in [0.2, 0.25) is 0 Å². The van der Waals surface area contributed by atoms with E-state index in [0.717, 1.165) is 0 Å². The monoisotopic (exact) mass is 330 g/mol. The Hall–Kier alpha value is 0.800. The van der Waals surface area contributed by atoms with Gasteiger partial charge in [0.2, 0.25) is 4.70 Å². The maximum absolute atomic E-state index is 10.0. The molecule has 0 spiro atoms. The van der Waals surface area contributed by atoms with Crippen LogP contribution in [0.4, 0.5) is 0 Å². The number of aliphatic hydroxyl groups is 1. The highest BCUT2D eigenvalue weighted by Crippen LogP contribution is 2.47. The van der Waals surface area contributed by atoms with E-state index >= 15 is 0 Å². The summed E-state index contributed by atoms with van der Waals surface area (Å²) in [6.07, 6.45) is -0.553. The second-order valence-corrected chi connectivity index (χ2v) is 5.81. The summed E-state index contributed by atoms with van der Waals surface area (Å²) in [4.78, 5) is 0. The summed E-state index contributed by atoms with van der Waals surface area (Å²) in [5.41, 5.74) is -0.462. The maximum atomic E-state index is 10.0. The lowest BCUT2D eigenvalue weighted by molar-refractivity contribution is -0.303. The van der Waals surface area contributed by atoms with Crippen LogP contribution < -0.4 is 0 Å². The van der Waals surface area contributed by atoms with Gasteiger partial charge in [0.1, 0.15) is 0 Å². The number of rotatable bonds is 4. The molecular weight excluding hydrogens is 320 g/mol. The van der Waals surface area contributed by atoms with E-state index in [1.54, 1.807) is 0 Å². The normalized spacial score (nSPS) is 39.6. The summed E-state index contributed by atoms with van der Waals surface area (Å²) >= 11 is 6.47. The molecule has 1 N–H and O–H groups in total. The van der Waals surface area contributed by atoms with Crippen LogP contribution in [0.3, 0.4) is 0 Å². The fraction of sp³-hybridized carbons (Fsp3) is 1.00. The molecule has 6 heteroatoms. The van der Waals surface area contributed by atoms with Crippen molar-refractivity contribution in [1.29, 1.82) is 0 Å². The predicted molar refractivity (Wildman–Crippen MR) is 56.1 cm³/mol. The van der Waals surface area contributed by atoms with Crippen molar-refractivity contribution in [2.24, 2.45) is 5.41 Å². The molecule has 0 aromatic carbocycles. The van der Waals surface area contributed by atoms with E-state index in [4.69, 9.17) is 14.2 Å². The summed E-state index contributed by atoms with van der Waals surface area (Å²) in [6, 6.07) is 0. The predicted octanol–water partition coefficient (Wildman–Crippen LogP) is 1.55. The van der Waals surface area contributed by atoms with Crippen molar-refractivity contribution in [3.63, 3.8) is 0 Å². The highest BCUT2D eigenvalue weighted by atomic mass is 79.9. The van der Waals surface area contributed by atoms with E-state index in [-0.39, 0.29) is 12.4 Å². The zero-order valence-electron chi connectivity index (χ0n) is 7.87. The Bertz CT molecular complexity index is 243. The molecule has 2 saturated heterocycles. The Balaban J connectivity index is 1.93. The van der Waals surface area contributed by atoms with Crippen molar-refractivity contribution in [3.8, 4) is 0 Å². The molecular formula is C8H12Br2O4. The smallest absolute Gasteiger partial charge is 0.232 e. The van der Waals surface area contributed by atoms with Gasteiger partial charge in [0.25, 0.3) is 0 Å². The minimum absolute atomic E-state index is 0.00482. The highest BCUT2D eigenvalue weighted by Gasteiger charge is 2.62. The molecule has 2 rings (SSSR count). The van der Waals surface area contributed by atoms with Gasteiger partial charge < -0.3 is 19.3 Å². The largest absolute Gasteiger partial charge is 0.356 e. The van der Waals surface area contributed by atoms with Crippen LogP contribution in [0.15, 0.2) is 0 Å². The van der Waals surface area contributed by atoms with Crippen LogP contribution in [-0.2, 0) is 14.2 Å². The van der Waals surface area contributed by atoms with Crippen molar-refractivity contribution in [2.75, 3.05) is 5.33 Å². The number of halogens is 2. The quantitative estimate of drug-likeness (QED) is 0.482. The molecule has 0 aromatic rings. The lowest BCUT2D eigenvalue weighted by atomic mass is 9.96. The van der Waals surface area contributed by atoms with E-state index in [0.29, 0.717) is 5.33 Å². The third kappa shape index (κ3) is 1.76. The molecule has 4 nitrogen and oxygen atoms in total. The van der Waals surface area contributed by atoms with Crippen molar-refractivity contribution in [1.82, 2.24) is 0 Å². The standard InChI is InChI=1S/C8H12Br2O4/c1-7(2,3-9)8(10,11)14-6-4-5(12-4)13-6/h4-6,11H,3H2,1-2H3. The minimum atomic E-state index is -1.41. The van der Waals surface area contributed by atoms with E-state index in [9.17, 15) is 5.11 Å². The number of ether oxygens (including phenoxy) is 3. The summed E-state index contributed by atoms with van der Waals surface area (Å²) < 4.78 is 14.1. The van der Waals surface area contributed by atoms with Gasteiger partial charge in [0.05, 0.1) is 0 Å². The van der Waals surface area contributed by atoms with E-state index in [2.05, 4.69) is 31.9 Å². The Labute approximate surface area is 99.2 Å². The molecule has 14 heavy (non-hydrogen) atoms. The average Bonchev–Trinajstić information content (AvgIpc) is 2.73. The Morgan fingerprint density at radius 2 is 2.07 bits per heavy atom. The molecule has 2 fully saturated rings. The van der Waals surface area contributed by atoms with Crippen molar-refractivity contribution in [2.45, 2.75) is 37.2 Å². The molecule has 0 amide bonds. The molecule has 0 aliphatic carbocycles. The van der Waals surface area contributed by atoms with Gasteiger partial charge in [-0.1, -0.05) is 29.8 Å². The van der Waals surface area contributed by atoms with Gasteiger partial charge in [-0.2, -0.15) is 0 Å². The van der Waals surface area contributed by atoms with Crippen LogP contribution in [0.5, 0.6) is 0 Å². The topological polar surface area (TPSA) is 51.2 Å². The number of hydrogen-bond donors (Lipinski definition) is 1. The Morgan fingerprint density at radius 3 is 2.43 bits per heavy atom. The van der Waals surface area contributed by atoms with Crippen LogP contribution in [0.25, 0.3) is 0 Å². The summed E-state index contributed by atoms with van der Waals surface area (Å²) in [5, 5.41) is 10.6. The van der Waals surface area contributed by atoms with Crippen LogP contribution in [0.1, 0.15) is 13.8 Å². The third-order valence-corrected chi connectivity index (χ3v) is 5.12. The van der Waals surface area contributed by atoms with E-state index in [1.165, 1.54) is 0 Å². The zero-order chi connectivity index (χ0) is 10.6. The third-order valence-electron chi connectivity index (χ3n) is 2.46. The van der Waals surface area contributed by atoms with Crippen LogP contribution in [-0.4, -0.2) is 33.8 Å². The number of hydrogen-bond acceptors (Lipinski definition) is 4. The van der Waals surface area contributed by atoms with E-state index < -0.39 is 16.4 Å². The number of epoxide rings is 1. The molecule has 0 bridgehead atoms. The number of alkyl halides is 2. The number of fused-ring (bicyclic) bond motifs is 1. The summed E-state index contributed by atoms with van der Waals surface area (Å²) in [5.74, 6) is 0. The molecule has 0 radical (unpaired) electrons. The first-order valence-corrected chi connectivity index (χ1v) is 6.25. The first-order chi connectivity index (χ1) is 6.37. The molecule has 4 unspecified atom stereocenters. The molecule has 82 valence electrons. The molecule has 0 saturated carbocycles. The van der Waals surface area contributed by atoms with Gasteiger partial charge >= 0.3 is 0 Å². The lowest BCUT2D eigenvalue weighted by Crippen LogP contribution is -2.50. The van der Waals surface area contributed by atoms with Gasteiger partial charge in [0, 0.05) is 10.7 Å². The first kappa shape index (κ1) is 11.3. The van der Waals surface area contributed by atoms with Crippen molar-refractivity contribution >= 4 is 31.9 Å². The van der Waals surface area contributed by atoms with Gasteiger partial charge in [-0.15, -0.1) is 0 Å². The Kier molecular flexibility index (Phi) is 2.74. The van der Waals surface area contributed by atoms with Crippen molar-refractivity contribution in [3.05, 3.63) is 0 Å². The molecule has 2 heterocycles. The maximum Gasteiger partial charge on any atom is 0.232 e. The molecule has 0 aromatic heterocycles. The van der Waals surface area contributed by atoms with Crippen molar-refractivity contribution < 1.29 is 19.3 Å². The minimum Gasteiger partial charge on any atom is -0.356 e. The molecule has 2 aliphatic rings. The second kappa shape index (κ2) is 3.40.